The lowest BCUT2D eigenvalue weighted by molar-refractivity contribution is -0.128. The second-order valence-corrected chi connectivity index (χ2v) is 7.28. The number of carbonyl (C=O) groups excluding carboxylic acids is 2. The summed E-state index contributed by atoms with van der Waals surface area (Å²) in [6, 6.07) is 13.6. The first-order chi connectivity index (χ1) is 13.4. The van der Waals surface area contributed by atoms with E-state index in [0.717, 1.165) is 16.0 Å². The maximum atomic E-state index is 12.7. The third-order valence-electron chi connectivity index (χ3n) is 4.68. The van der Waals surface area contributed by atoms with Crippen LogP contribution in [0, 0.1) is 6.92 Å². The Balaban J connectivity index is 1.58. The fourth-order valence-corrected chi connectivity index (χ4v) is 3.31. The molecule has 1 N–H and O–H groups in total. The summed E-state index contributed by atoms with van der Waals surface area (Å²) >= 11 is 6.07. The number of nitrogens with zero attached hydrogens (tertiary/aromatic N) is 2. The number of amides is 3. The molecule has 0 radical (unpaired) electrons. The number of aliphatic hydroxyl groups is 1. The highest BCUT2D eigenvalue weighted by atomic mass is 35.5. The molecular formula is C21H23ClN2O4. The molecule has 0 saturated carbocycles. The number of rotatable bonds is 7. The average molecular weight is 403 g/mol. The zero-order chi connectivity index (χ0) is 20.3. The van der Waals surface area contributed by atoms with Gasteiger partial charge in [0.15, 0.2) is 0 Å². The molecule has 1 fully saturated rings. The van der Waals surface area contributed by atoms with Crippen LogP contribution in [0.2, 0.25) is 5.02 Å². The first kappa shape index (κ1) is 20.3. The highest BCUT2D eigenvalue weighted by molar-refractivity contribution is 6.31. The summed E-state index contributed by atoms with van der Waals surface area (Å²) in [6.07, 6.45) is -0.986. The van der Waals surface area contributed by atoms with E-state index in [1.54, 1.807) is 13.0 Å². The van der Waals surface area contributed by atoms with Gasteiger partial charge < -0.3 is 9.84 Å². The number of anilines is 1. The topological polar surface area (TPSA) is 70.1 Å². The summed E-state index contributed by atoms with van der Waals surface area (Å²) in [5.41, 5.74) is 2.53. The molecule has 1 aliphatic rings. The summed E-state index contributed by atoms with van der Waals surface area (Å²) in [4.78, 5) is 27.8. The number of hydrogen-bond donors (Lipinski definition) is 1. The van der Waals surface area contributed by atoms with Crippen molar-refractivity contribution in [1.82, 2.24) is 4.90 Å². The number of halogens is 1. The van der Waals surface area contributed by atoms with Gasteiger partial charge in [-0.15, -0.1) is 0 Å². The molecular weight excluding hydrogens is 380 g/mol. The molecule has 148 valence electrons. The Kier molecular flexibility index (Phi) is 6.34. The SMILES string of the molecule is Cc1ccc(N2C(=O)N(CC(O)COCc3ccccc3Cl)C(=O)C2C)cc1. The van der Waals surface area contributed by atoms with E-state index >= 15 is 0 Å². The van der Waals surface area contributed by atoms with Gasteiger partial charge >= 0.3 is 6.03 Å². The van der Waals surface area contributed by atoms with Crippen molar-refractivity contribution in [3.05, 3.63) is 64.7 Å². The Morgan fingerprint density at radius 2 is 1.82 bits per heavy atom. The molecule has 1 heterocycles. The Bertz CT molecular complexity index is 856. The molecule has 2 unspecified atom stereocenters. The van der Waals surface area contributed by atoms with E-state index in [2.05, 4.69) is 0 Å². The van der Waals surface area contributed by atoms with Crippen LogP contribution in [0.15, 0.2) is 48.5 Å². The van der Waals surface area contributed by atoms with Crippen molar-refractivity contribution in [2.75, 3.05) is 18.1 Å². The van der Waals surface area contributed by atoms with Gasteiger partial charge in [-0.05, 0) is 37.6 Å². The van der Waals surface area contributed by atoms with Crippen molar-refractivity contribution in [2.24, 2.45) is 0 Å². The Hall–Kier alpha value is -2.41. The number of aryl methyl sites for hydroxylation is 1. The van der Waals surface area contributed by atoms with Crippen LogP contribution in [0.5, 0.6) is 0 Å². The number of aliphatic hydroxyl groups excluding tert-OH is 1. The quantitative estimate of drug-likeness (QED) is 0.721. The van der Waals surface area contributed by atoms with Gasteiger partial charge in [0.2, 0.25) is 0 Å². The second kappa shape index (κ2) is 8.73. The van der Waals surface area contributed by atoms with Crippen LogP contribution in [-0.2, 0) is 16.1 Å². The number of urea groups is 1. The van der Waals surface area contributed by atoms with Crippen LogP contribution in [0.3, 0.4) is 0 Å². The van der Waals surface area contributed by atoms with Crippen LogP contribution in [-0.4, -0.2) is 47.2 Å². The largest absolute Gasteiger partial charge is 0.389 e. The Labute approximate surface area is 169 Å². The smallest absolute Gasteiger partial charge is 0.332 e. The summed E-state index contributed by atoms with van der Waals surface area (Å²) in [7, 11) is 0. The zero-order valence-electron chi connectivity index (χ0n) is 15.8. The molecule has 2 atom stereocenters. The highest BCUT2D eigenvalue weighted by Crippen LogP contribution is 2.26. The van der Waals surface area contributed by atoms with E-state index in [4.69, 9.17) is 16.3 Å². The molecule has 3 rings (SSSR count). The molecule has 0 aliphatic carbocycles. The lowest BCUT2D eigenvalue weighted by Gasteiger charge is -2.21. The fraction of sp³-hybridized carbons (Fsp3) is 0.333. The van der Waals surface area contributed by atoms with Crippen molar-refractivity contribution in [3.8, 4) is 0 Å². The molecule has 6 nitrogen and oxygen atoms in total. The van der Waals surface area contributed by atoms with Gasteiger partial charge in [-0.25, -0.2) is 4.79 Å². The monoisotopic (exact) mass is 402 g/mol. The van der Waals surface area contributed by atoms with Crippen LogP contribution in [0.25, 0.3) is 0 Å². The molecule has 2 aromatic rings. The molecule has 1 aliphatic heterocycles. The number of β-amino-alcohol motifs (C(OH)–C–C–N with tert-alkyl or cyclic N) is 1. The predicted molar refractivity (Wildman–Crippen MR) is 107 cm³/mol. The maximum absolute atomic E-state index is 12.7. The van der Waals surface area contributed by atoms with Crippen LogP contribution in [0.4, 0.5) is 10.5 Å². The van der Waals surface area contributed by atoms with Crippen LogP contribution < -0.4 is 4.90 Å². The molecule has 28 heavy (non-hydrogen) atoms. The molecule has 2 aromatic carbocycles. The van der Waals surface area contributed by atoms with Crippen LogP contribution >= 0.6 is 11.6 Å². The van der Waals surface area contributed by atoms with E-state index in [-0.39, 0.29) is 25.7 Å². The van der Waals surface area contributed by atoms with Gasteiger partial charge in [0.1, 0.15) is 6.04 Å². The van der Waals surface area contributed by atoms with E-state index in [1.807, 2.05) is 49.4 Å². The third kappa shape index (κ3) is 4.35. The average Bonchev–Trinajstić information content (AvgIpc) is 2.88. The van der Waals surface area contributed by atoms with Gasteiger partial charge in [-0.2, -0.15) is 0 Å². The number of carbonyl (C=O) groups is 2. The van der Waals surface area contributed by atoms with Gasteiger partial charge in [-0.1, -0.05) is 47.5 Å². The third-order valence-corrected chi connectivity index (χ3v) is 5.05. The van der Waals surface area contributed by atoms with Gasteiger partial charge in [0.05, 0.1) is 25.9 Å². The molecule has 0 aromatic heterocycles. The Morgan fingerprint density at radius 1 is 1.14 bits per heavy atom. The minimum atomic E-state index is -0.986. The summed E-state index contributed by atoms with van der Waals surface area (Å²) in [6.45, 7) is 3.74. The van der Waals surface area contributed by atoms with Crippen LogP contribution in [0.1, 0.15) is 18.1 Å². The second-order valence-electron chi connectivity index (χ2n) is 6.87. The lowest BCUT2D eigenvalue weighted by Crippen LogP contribution is -2.40. The predicted octanol–water partition coefficient (Wildman–Crippen LogP) is 3.38. The van der Waals surface area contributed by atoms with Gasteiger partial charge in [0.25, 0.3) is 5.91 Å². The first-order valence-corrected chi connectivity index (χ1v) is 9.46. The number of imide groups is 1. The van der Waals surface area contributed by atoms with E-state index in [0.29, 0.717) is 10.7 Å². The molecule has 3 amide bonds. The minimum absolute atomic E-state index is 0.0127. The fourth-order valence-electron chi connectivity index (χ4n) is 3.12. The van der Waals surface area contributed by atoms with Crippen molar-refractivity contribution < 1.29 is 19.4 Å². The Morgan fingerprint density at radius 3 is 2.50 bits per heavy atom. The minimum Gasteiger partial charge on any atom is -0.389 e. The van der Waals surface area contributed by atoms with Gasteiger partial charge in [-0.3, -0.25) is 14.6 Å². The van der Waals surface area contributed by atoms with E-state index < -0.39 is 18.2 Å². The van der Waals surface area contributed by atoms with Crippen molar-refractivity contribution in [3.63, 3.8) is 0 Å². The van der Waals surface area contributed by atoms with Crippen molar-refractivity contribution in [1.29, 1.82) is 0 Å². The summed E-state index contributed by atoms with van der Waals surface area (Å²) < 4.78 is 5.50. The number of ether oxygens (including phenoxy) is 1. The summed E-state index contributed by atoms with van der Waals surface area (Å²) in [5.74, 6) is -0.337. The molecule has 0 spiro atoms. The van der Waals surface area contributed by atoms with Crippen molar-refractivity contribution in [2.45, 2.75) is 32.6 Å². The first-order valence-electron chi connectivity index (χ1n) is 9.09. The number of benzene rings is 2. The van der Waals surface area contributed by atoms with Gasteiger partial charge in [0, 0.05) is 10.7 Å². The van der Waals surface area contributed by atoms with E-state index in [1.165, 1.54) is 4.90 Å². The highest BCUT2D eigenvalue weighted by Gasteiger charge is 2.43. The molecule has 0 bridgehead atoms. The summed E-state index contributed by atoms with van der Waals surface area (Å²) in [5, 5.41) is 10.8. The molecule has 1 saturated heterocycles. The standard InChI is InChI=1S/C21H23ClN2O4/c1-14-7-9-17(10-8-14)24-15(2)20(26)23(21(24)27)11-18(25)13-28-12-16-5-3-4-6-19(16)22/h3-10,15,18,25H,11-13H2,1-2H3. The lowest BCUT2D eigenvalue weighted by atomic mass is 10.2. The zero-order valence-corrected chi connectivity index (χ0v) is 16.6. The van der Waals surface area contributed by atoms with Crippen molar-refractivity contribution >= 4 is 29.2 Å². The van der Waals surface area contributed by atoms with E-state index in [9.17, 15) is 14.7 Å². The molecule has 7 heteroatoms. The normalized spacial score (nSPS) is 18.1. The maximum Gasteiger partial charge on any atom is 0.332 e. The number of hydrogen-bond acceptors (Lipinski definition) is 4.